The van der Waals surface area contributed by atoms with Gasteiger partial charge in [-0.05, 0) is 31.0 Å². The van der Waals surface area contributed by atoms with Crippen molar-refractivity contribution in [3.8, 4) is 5.69 Å². The van der Waals surface area contributed by atoms with Gasteiger partial charge in [0.2, 0.25) is 5.91 Å². The standard InChI is InChI=1S/C17H19ClN4O2/c1-12(23)19-13-5-4-9-21(11-13)17(24)15-8-10-22(20-15)16-7-3-2-6-14(16)18/h2-3,6-8,10,13H,4-5,9,11H2,1H3,(H,19,23)/t13-/m1/s1. The Bertz CT molecular complexity index is 759. The summed E-state index contributed by atoms with van der Waals surface area (Å²) >= 11 is 6.17. The van der Waals surface area contributed by atoms with Crippen LogP contribution in [-0.2, 0) is 4.79 Å². The van der Waals surface area contributed by atoms with E-state index >= 15 is 0 Å². The summed E-state index contributed by atoms with van der Waals surface area (Å²) < 4.78 is 1.60. The second-order valence-corrected chi connectivity index (χ2v) is 6.30. The van der Waals surface area contributed by atoms with Gasteiger partial charge in [-0.15, -0.1) is 0 Å². The molecule has 0 unspecified atom stereocenters. The molecule has 1 aliphatic heterocycles. The van der Waals surface area contributed by atoms with Gasteiger partial charge in [0, 0.05) is 32.3 Å². The number of nitrogens with one attached hydrogen (secondary N) is 1. The molecule has 126 valence electrons. The summed E-state index contributed by atoms with van der Waals surface area (Å²) in [7, 11) is 0. The number of benzene rings is 1. The predicted molar refractivity (Wildman–Crippen MR) is 91.3 cm³/mol. The van der Waals surface area contributed by atoms with Crippen LogP contribution in [0.2, 0.25) is 5.02 Å². The Balaban J connectivity index is 1.74. The summed E-state index contributed by atoms with van der Waals surface area (Å²) in [5.41, 5.74) is 1.10. The molecule has 0 radical (unpaired) electrons. The average Bonchev–Trinajstić information content (AvgIpc) is 3.04. The van der Waals surface area contributed by atoms with Crippen LogP contribution in [0, 0.1) is 0 Å². The monoisotopic (exact) mass is 346 g/mol. The zero-order valence-electron chi connectivity index (χ0n) is 13.4. The van der Waals surface area contributed by atoms with Crippen LogP contribution < -0.4 is 5.32 Å². The molecule has 1 saturated heterocycles. The molecule has 1 N–H and O–H groups in total. The third-order valence-corrected chi connectivity index (χ3v) is 4.34. The first-order valence-corrected chi connectivity index (χ1v) is 8.29. The zero-order chi connectivity index (χ0) is 17.1. The molecule has 2 aromatic rings. The quantitative estimate of drug-likeness (QED) is 0.927. The normalized spacial score (nSPS) is 17.6. The van der Waals surface area contributed by atoms with Gasteiger partial charge in [0.15, 0.2) is 5.69 Å². The van der Waals surface area contributed by atoms with Crippen LogP contribution >= 0.6 is 11.6 Å². The van der Waals surface area contributed by atoms with Gasteiger partial charge < -0.3 is 10.2 Å². The van der Waals surface area contributed by atoms with Crippen LogP contribution in [0.4, 0.5) is 0 Å². The maximum absolute atomic E-state index is 12.7. The predicted octanol–water partition coefficient (Wildman–Crippen LogP) is 2.27. The first-order chi connectivity index (χ1) is 11.5. The maximum atomic E-state index is 12.7. The number of likely N-dealkylation sites (tertiary alicyclic amines) is 1. The summed E-state index contributed by atoms with van der Waals surface area (Å²) in [5.74, 6) is -0.201. The molecule has 0 aliphatic carbocycles. The van der Waals surface area contributed by atoms with Crippen LogP contribution in [-0.4, -0.2) is 45.6 Å². The fourth-order valence-electron chi connectivity index (χ4n) is 2.94. The van der Waals surface area contributed by atoms with Crippen molar-refractivity contribution in [2.75, 3.05) is 13.1 Å². The van der Waals surface area contributed by atoms with Crippen LogP contribution in [0.1, 0.15) is 30.3 Å². The van der Waals surface area contributed by atoms with Gasteiger partial charge in [0.1, 0.15) is 0 Å². The lowest BCUT2D eigenvalue weighted by Crippen LogP contribution is -2.49. The van der Waals surface area contributed by atoms with Crippen molar-refractivity contribution < 1.29 is 9.59 Å². The molecule has 7 heteroatoms. The number of carbonyl (C=O) groups excluding carboxylic acids is 2. The number of nitrogens with zero attached hydrogens (tertiary/aromatic N) is 3. The van der Waals surface area contributed by atoms with Gasteiger partial charge in [-0.25, -0.2) is 4.68 Å². The molecule has 1 aromatic heterocycles. The van der Waals surface area contributed by atoms with Crippen molar-refractivity contribution in [2.24, 2.45) is 0 Å². The second-order valence-electron chi connectivity index (χ2n) is 5.89. The van der Waals surface area contributed by atoms with E-state index in [0.717, 1.165) is 18.5 Å². The Morgan fingerprint density at radius 1 is 1.29 bits per heavy atom. The number of amides is 2. The van der Waals surface area contributed by atoms with Gasteiger partial charge in [0.25, 0.3) is 5.91 Å². The maximum Gasteiger partial charge on any atom is 0.274 e. The molecule has 0 bridgehead atoms. The molecule has 24 heavy (non-hydrogen) atoms. The molecule has 1 aromatic carbocycles. The third kappa shape index (κ3) is 3.59. The number of hydrogen-bond acceptors (Lipinski definition) is 3. The highest BCUT2D eigenvalue weighted by Gasteiger charge is 2.26. The van der Waals surface area contributed by atoms with Gasteiger partial charge in [-0.1, -0.05) is 23.7 Å². The fraction of sp³-hybridized carbons (Fsp3) is 0.353. The van der Waals surface area contributed by atoms with Gasteiger partial charge in [0.05, 0.1) is 10.7 Å². The Morgan fingerprint density at radius 3 is 2.83 bits per heavy atom. The summed E-state index contributed by atoms with van der Waals surface area (Å²) in [6.07, 6.45) is 3.48. The number of aromatic nitrogens is 2. The minimum absolute atomic E-state index is 0.00542. The van der Waals surface area contributed by atoms with Gasteiger partial charge in [-0.3, -0.25) is 9.59 Å². The molecule has 1 fully saturated rings. The van der Waals surface area contributed by atoms with Gasteiger partial charge >= 0.3 is 0 Å². The zero-order valence-corrected chi connectivity index (χ0v) is 14.2. The molecule has 6 nitrogen and oxygen atoms in total. The number of piperidine rings is 1. The number of rotatable bonds is 3. The molecule has 1 atom stereocenters. The van der Waals surface area contributed by atoms with Crippen molar-refractivity contribution in [2.45, 2.75) is 25.8 Å². The van der Waals surface area contributed by atoms with E-state index in [-0.39, 0.29) is 17.9 Å². The minimum atomic E-state index is -0.129. The van der Waals surface area contributed by atoms with E-state index in [4.69, 9.17) is 11.6 Å². The van der Waals surface area contributed by atoms with Crippen molar-refractivity contribution in [1.82, 2.24) is 20.0 Å². The SMILES string of the molecule is CC(=O)N[C@@H]1CCCN(C(=O)c2ccn(-c3ccccc3Cl)n2)C1. The van der Waals surface area contributed by atoms with E-state index in [1.807, 2.05) is 18.2 Å². The van der Waals surface area contributed by atoms with Crippen molar-refractivity contribution in [3.63, 3.8) is 0 Å². The van der Waals surface area contributed by atoms with Crippen LogP contribution in [0.5, 0.6) is 0 Å². The number of carbonyl (C=O) groups is 2. The summed E-state index contributed by atoms with van der Waals surface area (Å²) in [5, 5.41) is 7.81. The highest BCUT2D eigenvalue weighted by Crippen LogP contribution is 2.20. The van der Waals surface area contributed by atoms with Crippen molar-refractivity contribution >= 4 is 23.4 Å². The van der Waals surface area contributed by atoms with Crippen LogP contribution in [0.15, 0.2) is 36.5 Å². The number of halogens is 1. The molecule has 1 aliphatic rings. The molecule has 2 amide bonds. The third-order valence-electron chi connectivity index (χ3n) is 4.02. The molecule has 2 heterocycles. The van der Waals surface area contributed by atoms with Crippen LogP contribution in [0.25, 0.3) is 5.69 Å². The number of hydrogen-bond donors (Lipinski definition) is 1. The lowest BCUT2D eigenvalue weighted by molar-refractivity contribution is -0.120. The summed E-state index contributed by atoms with van der Waals surface area (Å²) in [6.45, 7) is 2.68. The molecule has 3 rings (SSSR count). The minimum Gasteiger partial charge on any atom is -0.352 e. The molecular weight excluding hydrogens is 328 g/mol. The average molecular weight is 347 g/mol. The molecule has 0 saturated carbocycles. The van der Waals surface area contributed by atoms with E-state index in [2.05, 4.69) is 10.4 Å². The Morgan fingerprint density at radius 2 is 2.08 bits per heavy atom. The van der Waals surface area contributed by atoms with E-state index in [1.165, 1.54) is 6.92 Å². The highest BCUT2D eigenvalue weighted by molar-refractivity contribution is 6.32. The lowest BCUT2D eigenvalue weighted by Gasteiger charge is -2.32. The smallest absolute Gasteiger partial charge is 0.274 e. The van der Waals surface area contributed by atoms with Crippen LogP contribution in [0.3, 0.4) is 0 Å². The topological polar surface area (TPSA) is 67.2 Å². The second kappa shape index (κ2) is 7.05. The largest absolute Gasteiger partial charge is 0.352 e. The highest BCUT2D eigenvalue weighted by atomic mass is 35.5. The van der Waals surface area contributed by atoms with Gasteiger partial charge in [-0.2, -0.15) is 5.10 Å². The van der Waals surface area contributed by atoms with E-state index < -0.39 is 0 Å². The summed E-state index contributed by atoms with van der Waals surface area (Å²) in [6, 6.07) is 9.03. The lowest BCUT2D eigenvalue weighted by atomic mass is 10.1. The summed E-state index contributed by atoms with van der Waals surface area (Å²) in [4.78, 5) is 25.6. The number of para-hydroxylation sites is 1. The molecular formula is C17H19ClN4O2. The Kier molecular flexibility index (Phi) is 4.85. The van der Waals surface area contributed by atoms with E-state index in [1.54, 1.807) is 27.9 Å². The Labute approximate surface area is 145 Å². The Hall–Kier alpha value is -2.34. The first-order valence-electron chi connectivity index (χ1n) is 7.91. The van der Waals surface area contributed by atoms with Crippen molar-refractivity contribution in [1.29, 1.82) is 0 Å². The first kappa shape index (κ1) is 16.5. The fourth-order valence-corrected chi connectivity index (χ4v) is 3.16. The van der Waals surface area contributed by atoms with E-state index in [0.29, 0.717) is 23.8 Å². The van der Waals surface area contributed by atoms with E-state index in [9.17, 15) is 9.59 Å². The molecule has 0 spiro atoms. The van der Waals surface area contributed by atoms with Crippen molar-refractivity contribution in [3.05, 3.63) is 47.2 Å².